The van der Waals surface area contributed by atoms with Gasteiger partial charge in [-0.25, -0.2) is 9.83 Å². The van der Waals surface area contributed by atoms with Crippen molar-refractivity contribution in [3.63, 3.8) is 0 Å². The lowest BCUT2D eigenvalue weighted by atomic mass is 10.1. The van der Waals surface area contributed by atoms with Gasteiger partial charge >= 0.3 is 0 Å². The molecule has 0 bridgehead atoms. The van der Waals surface area contributed by atoms with Crippen molar-refractivity contribution < 1.29 is 9.53 Å². The van der Waals surface area contributed by atoms with Crippen LogP contribution in [0.15, 0.2) is 90.6 Å². The van der Waals surface area contributed by atoms with Crippen LogP contribution in [0.2, 0.25) is 0 Å². The second-order valence-electron chi connectivity index (χ2n) is 8.92. The molecule has 192 valence electrons. The molecule has 0 unspecified atom stereocenters. The highest BCUT2D eigenvalue weighted by Gasteiger charge is 2.15. The summed E-state index contributed by atoms with van der Waals surface area (Å²) in [5.41, 5.74) is 9.90. The number of benzene rings is 3. The highest BCUT2D eigenvalue weighted by Crippen LogP contribution is 2.34. The number of carbonyl (C=O) groups is 1. The molecule has 5 aromatic rings. The van der Waals surface area contributed by atoms with Gasteiger partial charge in [0.25, 0.3) is 11.6 Å². The Bertz CT molecular complexity index is 1720. The number of nitrogens with zero attached hydrogens (tertiary/aromatic N) is 4. The maximum absolute atomic E-state index is 12.3. The Morgan fingerprint density at radius 3 is 2.49 bits per heavy atom. The number of pyridine rings is 1. The van der Waals surface area contributed by atoms with E-state index >= 15 is 0 Å². The molecule has 0 spiro atoms. The van der Waals surface area contributed by atoms with E-state index in [-0.39, 0.29) is 11.6 Å². The van der Waals surface area contributed by atoms with E-state index in [1.807, 2.05) is 84.9 Å². The molecule has 2 heterocycles. The lowest BCUT2D eigenvalue weighted by Crippen LogP contribution is -2.22. The normalized spacial score (nSPS) is 11.2. The van der Waals surface area contributed by atoms with Crippen LogP contribution < -0.4 is 15.8 Å². The number of likely N-dealkylation sites (N-methyl/N-ethyl adjacent to an activating group) is 1. The quantitative estimate of drug-likeness (QED) is 0.179. The van der Waals surface area contributed by atoms with Crippen LogP contribution in [0, 0.1) is 6.57 Å². The van der Waals surface area contributed by atoms with Gasteiger partial charge in [0, 0.05) is 31.4 Å². The number of nitrogens with one attached hydrogen (secondary N) is 2. The summed E-state index contributed by atoms with van der Waals surface area (Å²) in [6, 6.07) is 26.4. The van der Waals surface area contributed by atoms with Gasteiger partial charge in [0.2, 0.25) is 0 Å². The SMILES string of the molecule is [C-]#[N+]/C(=C\c1cccc(Nc2cc3[nH]nc(N)c3c(-c3ccc(Oc4ccccc4)cc3)n2)c1)C(=O)N(C)C. The van der Waals surface area contributed by atoms with E-state index in [1.165, 1.54) is 4.90 Å². The predicted molar refractivity (Wildman–Crippen MR) is 153 cm³/mol. The van der Waals surface area contributed by atoms with Crippen LogP contribution in [0.3, 0.4) is 0 Å². The number of nitrogens with two attached hydrogens (primary N) is 1. The molecule has 0 aliphatic carbocycles. The standard InChI is InChI=1S/C30H25N7O2/c1-32-25(30(38)37(2)3)17-19-8-7-9-21(16-19)33-26-18-24-27(29(31)36-35-24)28(34-26)20-12-14-23(15-13-20)39-22-10-5-4-6-11-22/h4-18H,2-3H3,(H,33,34)(H3,31,35,36)/b25-17-. The van der Waals surface area contributed by atoms with Crippen molar-refractivity contribution in [1.82, 2.24) is 20.1 Å². The van der Waals surface area contributed by atoms with Crippen molar-refractivity contribution in [2.75, 3.05) is 25.1 Å². The Kier molecular flexibility index (Phi) is 6.92. The van der Waals surface area contributed by atoms with Crippen molar-refractivity contribution >= 4 is 40.2 Å². The number of rotatable bonds is 7. The topological polar surface area (TPSA) is 114 Å². The lowest BCUT2D eigenvalue weighted by Gasteiger charge is -2.12. The van der Waals surface area contributed by atoms with Crippen LogP contribution in [-0.4, -0.2) is 40.1 Å². The zero-order chi connectivity index (χ0) is 27.4. The minimum atomic E-state index is -0.350. The summed E-state index contributed by atoms with van der Waals surface area (Å²) in [5, 5.41) is 11.2. The van der Waals surface area contributed by atoms with Crippen molar-refractivity contribution in [1.29, 1.82) is 0 Å². The number of anilines is 3. The maximum atomic E-state index is 12.3. The van der Waals surface area contributed by atoms with Crippen LogP contribution >= 0.6 is 0 Å². The van der Waals surface area contributed by atoms with Gasteiger partial charge in [-0.15, -0.1) is 0 Å². The highest BCUT2D eigenvalue weighted by atomic mass is 16.5. The van der Waals surface area contributed by atoms with Gasteiger partial charge in [0.05, 0.1) is 23.2 Å². The number of nitrogen functional groups attached to an aromatic ring is 1. The number of hydrogen-bond acceptors (Lipinski definition) is 6. The number of aromatic amines is 1. The van der Waals surface area contributed by atoms with Crippen molar-refractivity contribution in [2.45, 2.75) is 0 Å². The Morgan fingerprint density at radius 2 is 1.77 bits per heavy atom. The second kappa shape index (κ2) is 10.8. The Morgan fingerprint density at radius 1 is 1.03 bits per heavy atom. The van der Waals surface area contributed by atoms with Crippen LogP contribution in [0.1, 0.15) is 5.56 Å². The molecule has 0 atom stereocenters. The van der Waals surface area contributed by atoms with Gasteiger partial charge < -0.3 is 20.7 Å². The zero-order valence-corrected chi connectivity index (χ0v) is 21.3. The number of carbonyl (C=O) groups excluding carboxylic acids is 1. The first-order chi connectivity index (χ1) is 18.9. The number of aromatic nitrogens is 3. The second-order valence-corrected chi connectivity index (χ2v) is 8.92. The van der Waals surface area contributed by atoms with E-state index in [4.69, 9.17) is 22.0 Å². The molecule has 2 aromatic heterocycles. The first-order valence-corrected chi connectivity index (χ1v) is 12.1. The van der Waals surface area contributed by atoms with E-state index in [9.17, 15) is 4.79 Å². The van der Waals surface area contributed by atoms with Crippen molar-refractivity contribution in [2.24, 2.45) is 0 Å². The molecule has 0 saturated carbocycles. The first-order valence-electron chi connectivity index (χ1n) is 12.1. The summed E-state index contributed by atoms with van der Waals surface area (Å²) in [6.45, 7) is 7.38. The molecule has 39 heavy (non-hydrogen) atoms. The van der Waals surface area contributed by atoms with E-state index < -0.39 is 0 Å². The van der Waals surface area contributed by atoms with Crippen LogP contribution in [0.25, 0.3) is 33.1 Å². The molecule has 0 saturated heterocycles. The number of H-pyrrole nitrogens is 1. The van der Waals surface area contributed by atoms with Gasteiger partial charge in [-0.2, -0.15) is 5.10 Å². The molecule has 9 nitrogen and oxygen atoms in total. The van der Waals surface area contributed by atoms with Gasteiger partial charge in [-0.05, 0) is 60.2 Å². The third kappa shape index (κ3) is 5.55. The Labute approximate surface area is 225 Å². The monoisotopic (exact) mass is 515 g/mol. The maximum Gasteiger partial charge on any atom is 0.252 e. The van der Waals surface area contributed by atoms with E-state index in [1.54, 1.807) is 20.2 Å². The third-order valence-corrected chi connectivity index (χ3v) is 5.89. The third-order valence-electron chi connectivity index (χ3n) is 5.89. The summed E-state index contributed by atoms with van der Waals surface area (Å²) in [6.07, 6.45) is 1.57. The number of fused-ring (bicyclic) bond motifs is 1. The minimum absolute atomic E-state index is 0.0339. The molecule has 0 fully saturated rings. The zero-order valence-electron chi connectivity index (χ0n) is 21.3. The first kappa shape index (κ1) is 25.0. The molecule has 9 heteroatoms. The van der Waals surface area contributed by atoms with Crippen LogP contribution in [0.4, 0.5) is 17.3 Å². The Hall–Kier alpha value is -5.62. The molecule has 1 amide bonds. The molecular formula is C30H25N7O2. The smallest absolute Gasteiger partial charge is 0.252 e. The molecule has 5 rings (SSSR count). The van der Waals surface area contributed by atoms with Crippen molar-refractivity contribution in [3.05, 3.63) is 108 Å². The fourth-order valence-electron chi connectivity index (χ4n) is 4.03. The minimum Gasteiger partial charge on any atom is -0.457 e. The Balaban J connectivity index is 1.46. The van der Waals surface area contributed by atoms with Crippen LogP contribution in [-0.2, 0) is 4.79 Å². The number of hydrogen-bond donors (Lipinski definition) is 3. The van der Waals surface area contributed by atoms with Gasteiger partial charge in [-0.3, -0.25) is 9.89 Å². The van der Waals surface area contributed by atoms with Gasteiger partial charge in [0.1, 0.15) is 17.3 Å². The number of amides is 1. The highest BCUT2D eigenvalue weighted by molar-refractivity contribution is 6.01. The molecule has 0 radical (unpaired) electrons. The van der Waals surface area contributed by atoms with Crippen molar-refractivity contribution in [3.8, 4) is 22.8 Å². The summed E-state index contributed by atoms with van der Waals surface area (Å²) in [7, 11) is 3.23. The van der Waals surface area contributed by atoms with Crippen LogP contribution in [0.5, 0.6) is 11.5 Å². The fraction of sp³-hybridized carbons (Fsp3) is 0.0667. The molecule has 0 aliphatic heterocycles. The lowest BCUT2D eigenvalue weighted by molar-refractivity contribution is -0.124. The summed E-state index contributed by atoms with van der Waals surface area (Å²) in [5.74, 6) is 2.03. The average molecular weight is 516 g/mol. The molecule has 0 aliphatic rings. The van der Waals surface area contributed by atoms with Gasteiger partial charge in [-0.1, -0.05) is 30.3 Å². The van der Waals surface area contributed by atoms with E-state index in [2.05, 4.69) is 20.4 Å². The van der Waals surface area contributed by atoms with E-state index in [0.717, 1.165) is 27.9 Å². The number of ether oxygens (including phenoxy) is 1. The number of para-hydroxylation sites is 1. The predicted octanol–water partition coefficient (Wildman–Crippen LogP) is 6.09. The molecular weight excluding hydrogens is 490 g/mol. The summed E-state index contributed by atoms with van der Waals surface area (Å²) in [4.78, 5) is 21.9. The average Bonchev–Trinajstić information content (AvgIpc) is 3.32. The van der Waals surface area contributed by atoms with E-state index in [0.29, 0.717) is 28.6 Å². The fourth-order valence-corrected chi connectivity index (χ4v) is 4.03. The largest absolute Gasteiger partial charge is 0.457 e. The summed E-state index contributed by atoms with van der Waals surface area (Å²) < 4.78 is 5.92. The van der Waals surface area contributed by atoms with Gasteiger partial charge in [0.15, 0.2) is 5.82 Å². The molecule has 4 N–H and O–H groups in total. The summed E-state index contributed by atoms with van der Waals surface area (Å²) >= 11 is 0. The molecule has 3 aromatic carbocycles.